The first-order chi connectivity index (χ1) is 13.9. The number of hydrogen-bond acceptors (Lipinski definition) is 4. The number of anilines is 1. The minimum atomic E-state index is -0.656. The number of ether oxygens (including phenoxy) is 1. The third-order valence-electron chi connectivity index (χ3n) is 4.86. The van der Waals surface area contributed by atoms with E-state index in [1.807, 2.05) is 36.1 Å². The molecule has 1 heterocycles. The molecule has 3 rings (SSSR count). The van der Waals surface area contributed by atoms with Crippen LogP contribution < -0.4 is 10.1 Å². The topological polar surface area (TPSA) is 61.9 Å². The molecule has 0 saturated carbocycles. The van der Waals surface area contributed by atoms with Crippen LogP contribution in [0.2, 0.25) is 0 Å². The highest BCUT2D eigenvalue weighted by Gasteiger charge is 2.26. The zero-order chi connectivity index (χ0) is 20.8. The predicted molar refractivity (Wildman–Crippen MR) is 109 cm³/mol. The van der Waals surface area contributed by atoms with Gasteiger partial charge in [0.1, 0.15) is 11.6 Å². The molecule has 1 aliphatic heterocycles. The average molecular weight is 399 g/mol. The maximum absolute atomic E-state index is 13.0. The summed E-state index contributed by atoms with van der Waals surface area (Å²) in [5.41, 5.74) is 1.92. The maximum atomic E-state index is 13.0. The van der Waals surface area contributed by atoms with Crippen LogP contribution in [-0.2, 0) is 9.59 Å². The Kier molecular flexibility index (Phi) is 6.82. The summed E-state index contributed by atoms with van der Waals surface area (Å²) in [6.45, 7) is 6.29. The molecule has 6 nitrogen and oxygen atoms in total. The molecule has 1 N–H and O–H groups in total. The van der Waals surface area contributed by atoms with Gasteiger partial charge in [0.05, 0.1) is 6.54 Å². The second-order valence-corrected chi connectivity index (χ2v) is 7.23. The molecular weight excluding hydrogens is 373 g/mol. The smallest absolute Gasteiger partial charge is 0.263 e. The van der Waals surface area contributed by atoms with E-state index in [0.717, 1.165) is 11.3 Å². The molecule has 2 aromatic carbocycles. The lowest BCUT2D eigenvalue weighted by Gasteiger charge is -2.35. The fraction of sp³-hybridized carbons (Fsp3) is 0.364. The van der Waals surface area contributed by atoms with Crippen molar-refractivity contribution >= 4 is 17.5 Å². The van der Waals surface area contributed by atoms with Crippen LogP contribution in [0.15, 0.2) is 48.5 Å². The summed E-state index contributed by atoms with van der Waals surface area (Å²) in [7, 11) is 0. The van der Waals surface area contributed by atoms with Crippen molar-refractivity contribution in [3.05, 3.63) is 59.9 Å². The summed E-state index contributed by atoms with van der Waals surface area (Å²) >= 11 is 0. The Morgan fingerprint density at radius 3 is 2.28 bits per heavy atom. The zero-order valence-electron chi connectivity index (χ0n) is 16.7. The van der Waals surface area contributed by atoms with Gasteiger partial charge in [0.2, 0.25) is 5.91 Å². The largest absolute Gasteiger partial charge is 0.481 e. The average Bonchev–Trinajstić information content (AvgIpc) is 2.71. The monoisotopic (exact) mass is 399 g/mol. The summed E-state index contributed by atoms with van der Waals surface area (Å²) in [6, 6.07) is 13.3. The van der Waals surface area contributed by atoms with Crippen molar-refractivity contribution in [2.24, 2.45) is 0 Å². The molecule has 0 spiro atoms. The highest BCUT2D eigenvalue weighted by atomic mass is 19.1. The van der Waals surface area contributed by atoms with Crippen molar-refractivity contribution in [2.75, 3.05) is 38.0 Å². The molecule has 2 amide bonds. The number of carbonyl (C=O) groups excluding carboxylic acids is 2. The summed E-state index contributed by atoms with van der Waals surface area (Å²) in [4.78, 5) is 28.6. The molecule has 0 radical (unpaired) electrons. The summed E-state index contributed by atoms with van der Waals surface area (Å²) < 4.78 is 18.6. The third-order valence-corrected chi connectivity index (χ3v) is 4.86. The zero-order valence-corrected chi connectivity index (χ0v) is 16.7. The number of amides is 2. The van der Waals surface area contributed by atoms with Crippen molar-refractivity contribution in [1.82, 2.24) is 9.80 Å². The molecule has 1 unspecified atom stereocenters. The minimum Gasteiger partial charge on any atom is -0.481 e. The van der Waals surface area contributed by atoms with Gasteiger partial charge in [-0.1, -0.05) is 17.7 Å². The Balaban J connectivity index is 1.43. The van der Waals surface area contributed by atoms with Gasteiger partial charge in [-0.15, -0.1) is 0 Å². The number of nitrogens with one attached hydrogen (secondary N) is 1. The second-order valence-electron chi connectivity index (χ2n) is 7.23. The van der Waals surface area contributed by atoms with Crippen LogP contribution in [0.4, 0.5) is 10.1 Å². The molecule has 29 heavy (non-hydrogen) atoms. The predicted octanol–water partition coefficient (Wildman–Crippen LogP) is 2.68. The maximum Gasteiger partial charge on any atom is 0.263 e. The molecule has 154 valence electrons. The van der Waals surface area contributed by atoms with Gasteiger partial charge >= 0.3 is 0 Å². The van der Waals surface area contributed by atoms with Gasteiger partial charge < -0.3 is 15.0 Å². The van der Waals surface area contributed by atoms with Crippen molar-refractivity contribution in [3.8, 4) is 5.75 Å². The minimum absolute atomic E-state index is 0.0679. The van der Waals surface area contributed by atoms with Crippen molar-refractivity contribution in [2.45, 2.75) is 20.0 Å². The standard InChI is InChI=1S/C22H26FN3O3/c1-16-3-7-19(8-4-16)24-21(27)15-25-11-13-26(14-12-25)22(28)17(2)29-20-9-5-18(23)6-10-20/h3-10,17H,11-15H2,1-2H3,(H,24,27). The third kappa shape index (κ3) is 6.02. The number of nitrogens with zero attached hydrogens (tertiary/aromatic N) is 2. The van der Waals surface area contributed by atoms with E-state index in [2.05, 4.69) is 5.32 Å². The summed E-state index contributed by atoms with van der Waals surface area (Å²) in [5.74, 6) is -0.0720. The van der Waals surface area contributed by atoms with Crippen LogP contribution in [-0.4, -0.2) is 60.4 Å². The van der Waals surface area contributed by atoms with E-state index in [1.165, 1.54) is 24.3 Å². The van der Waals surface area contributed by atoms with Crippen LogP contribution in [0.5, 0.6) is 5.75 Å². The fourth-order valence-electron chi connectivity index (χ4n) is 3.19. The first-order valence-electron chi connectivity index (χ1n) is 9.70. The first kappa shape index (κ1) is 20.8. The Labute approximate surface area is 170 Å². The highest BCUT2D eigenvalue weighted by Crippen LogP contribution is 2.15. The van der Waals surface area contributed by atoms with E-state index in [1.54, 1.807) is 11.8 Å². The fourth-order valence-corrected chi connectivity index (χ4v) is 3.19. The summed E-state index contributed by atoms with van der Waals surface area (Å²) in [5, 5.41) is 2.89. The molecule has 1 saturated heterocycles. The number of piperazine rings is 1. The second kappa shape index (κ2) is 9.52. The number of rotatable bonds is 6. The Hall–Kier alpha value is -2.93. The molecule has 1 aliphatic rings. The Morgan fingerprint density at radius 1 is 1.03 bits per heavy atom. The number of aryl methyl sites for hydroxylation is 1. The van der Waals surface area contributed by atoms with Crippen LogP contribution in [0, 0.1) is 12.7 Å². The Bertz CT molecular complexity index is 831. The van der Waals surface area contributed by atoms with E-state index in [-0.39, 0.29) is 24.2 Å². The molecule has 0 aromatic heterocycles. The van der Waals surface area contributed by atoms with Crippen LogP contribution in [0.1, 0.15) is 12.5 Å². The van der Waals surface area contributed by atoms with Crippen LogP contribution in [0.25, 0.3) is 0 Å². The number of hydrogen-bond donors (Lipinski definition) is 1. The lowest BCUT2D eigenvalue weighted by Crippen LogP contribution is -2.53. The number of halogens is 1. The molecule has 2 aromatic rings. The molecule has 7 heteroatoms. The van der Waals surface area contributed by atoms with Crippen LogP contribution >= 0.6 is 0 Å². The van der Waals surface area contributed by atoms with Gasteiger partial charge in [0.25, 0.3) is 5.91 Å². The quantitative estimate of drug-likeness (QED) is 0.811. The normalized spacial score (nSPS) is 15.6. The highest BCUT2D eigenvalue weighted by molar-refractivity contribution is 5.92. The van der Waals surface area contributed by atoms with Crippen molar-refractivity contribution < 1.29 is 18.7 Å². The van der Waals surface area contributed by atoms with Crippen LogP contribution in [0.3, 0.4) is 0 Å². The van der Waals surface area contributed by atoms with E-state index >= 15 is 0 Å². The SMILES string of the molecule is Cc1ccc(NC(=O)CN2CCN(C(=O)C(C)Oc3ccc(F)cc3)CC2)cc1. The summed E-state index contributed by atoms with van der Waals surface area (Å²) in [6.07, 6.45) is -0.656. The van der Waals surface area contributed by atoms with Gasteiger partial charge in [-0.2, -0.15) is 0 Å². The molecular formula is C22H26FN3O3. The molecule has 1 atom stereocenters. The van der Waals surface area contributed by atoms with Crippen molar-refractivity contribution in [3.63, 3.8) is 0 Å². The number of benzene rings is 2. The van der Waals surface area contributed by atoms with E-state index < -0.39 is 6.10 Å². The lowest BCUT2D eigenvalue weighted by atomic mass is 10.2. The molecule has 1 fully saturated rings. The van der Waals surface area contributed by atoms with Gasteiger partial charge in [0, 0.05) is 31.9 Å². The molecule has 0 aliphatic carbocycles. The Morgan fingerprint density at radius 2 is 1.66 bits per heavy atom. The van der Waals surface area contributed by atoms with Gasteiger partial charge in [-0.25, -0.2) is 4.39 Å². The van der Waals surface area contributed by atoms with Gasteiger partial charge in [0.15, 0.2) is 6.10 Å². The van der Waals surface area contributed by atoms with Gasteiger partial charge in [-0.3, -0.25) is 14.5 Å². The van der Waals surface area contributed by atoms with Gasteiger partial charge in [-0.05, 0) is 50.2 Å². The first-order valence-corrected chi connectivity index (χ1v) is 9.70. The lowest BCUT2D eigenvalue weighted by molar-refractivity contribution is -0.139. The van der Waals surface area contributed by atoms with E-state index in [4.69, 9.17) is 4.74 Å². The van der Waals surface area contributed by atoms with E-state index in [0.29, 0.717) is 31.9 Å². The molecule has 0 bridgehead atoms. The number of carbonyl (C=O) groups is 2. The van der Waals surface area contributed by atoms with Crippen molar-refractivity contribution in [1.29, 1.82) is 0 Å². The van der Waals surface area contributed by atoms with E-state index in [9.17, 15) is 14.0 Å².